The molecule has 2 aromatic carbocycles. The van der Waals surface area contributed by atoms with Gasteiger partial charge in [0.15, 0.2) is 0 Å². The molecule has 0 unspecified atom stereocenters. The van der Waals surface area contributed by atoms with E-state index in [1.807, 2.05) is 0 Å². The van der Waals surface area contributed by atoms with E-state index in [1.54, 1.807) is 36.4 Å². The van der Waals surface area contributed by atoms with Gasteiger partial charge in [-0.25, -0.2) is 16.7 Å². The molecular weight excluding hydrogens is 656 g/mol. The molecule has 0 fully saturated rings. The van der Waals surface area contributed by atoms with Gasteiger partial charge < -0.3 is 9.47 Å². The van der Waals surface area contributed by atoms with E-state index in [2.05, 4.69) is 16.7 Å². The van der Waals surface area contributed by atoms with Crippen LogP contribution < -0.4 is 0 Å². The van der Waals surface area contributed by atoms with E-state index in [-0.39, 0.29) is 0 Å². The van der Waals surface area contributed by atoms with Gasteiger partial charge in [-0.1, -0.05) is 60.7 Å². The lowest BCUT2D eigenvalue weighted by Gasteiger charge is -2.34. The van der Waals surface area contributed by atoms with Crippen LogP contribution in [0.2, 0.25) is 0 Å². The molecule has 0 aromatic heterocycles. The summed E-state index contributed by atoms with van der Waals surface area (Å²) in [5, 5.41) is 0. The van der Waals surface area contributed by atoms with Gasteiger partial charge in [0.2, 0.25) is 0 Å². The molecule has 18 nitrogen and oxygen atoms in total. The van der Waals surface area contributed by atoms with Crippen molar-refractivity contribution < 1.29 is 78.1 Å². The van der Waals surface area contributed by atoms with Crippen LogP contribution in [0.25, 0.3) is 0 Å². The van der Waals surface area contributed by atoms with Gasteiger partial charge in [-0.2, -0.15) is 33.7 Å². The summed E-state index contributed by atoms with van der Waals surface area (Å²) in [6.07, 6.45) is -9.35. The van der Waals surface area contributed by atoms with E-state index in [4.69, 9.17) is 18.6 Å². The fraction of sp³-hybridized carbons (Fsp3) is 0.400. The van der Waals surface area contributed by atoms with E-state index < -0.39 is 92.4 Å². The third-order valence-electron chi connectivity index (χ3n) is 4.90. The van der Waals surface area contributed by atoms with Crippen LogP contribution >= 0.6 is 0 Å². The fourth-order valence-corrected chi connectivity index (χ4v) is 4.91. The molecular formula is C20H26O18S4. The monoisotopic (exact) mass is 682 g/mol. The second-order valence-electron chi connectivity index (χ2n) is 8.07. The molecule has 2 aromatic rings. The molecule has 0 aliphatic rings. The predicted molar refractivity (Wildman–Crippen MR) is 138 cm³/mol. The van der Waals surface area contributed by atoms with Crippen molar-refractivity contribution in [3.8, 4) is 0 Å². The summed E-state index contributed by atoms with van der Waals surface area (Å²) in [7, 11) is -21.8. The van der Waals surface area contributed by atoms with E-state index in [0.717, 1.165) is 0 Å². The maximum absolute atomic E-state index is 11.8. The van der Waals surface area contributed by atoms with Crippen LogP contribution in [-0.4, -0.2) is 89.5 Å². The number of rotatable bonds is 19. The van der Waals surface area contributed by atoms with Crippen molar-refractivity contribution >= 4 is 41.6 Å². The van der Waals surface area contributed by atoms with Crippen LogP contribution in [0.1, 0.15) is 11.1 Å². The highest BCUT2D eigenvalue weighted by molar-refractivity contribution is 7.81. The van der Waals surface area contributed by atoms with Crippen molar-refractivity contribution in [3.63, 3.8) is 0 Å². The Kier molecular flexibility index (Phi) is 13.3. The minimum Gasteiger partial charge on any atom is -0.368 e. The van der Waals surface area contributed by atoms with E-state index in [9.17, 15) is 42.8 Å². The summed E-state index contributed by atoms with van der Waals surface area (Å²) < 4.78 is 158. The van der Waals surface area contributed by atoms with Gasteiger partial charge in [0.1, 0.15) is 24.4 Å². The Bertz CT molecular complexity index is 1430. The van der Waals surface area contributed by atoms with E-state index in [1.165, 1.54) is 24.3 Å². The summed E-state index contributed by atoms with van der Waals surface area (Å²) in [5.74, 6) is 0. The number of hydrogen-bond acceptors (Lipinski definition) is 14. The van der Waals surface area contributed by atoms with Gasteiger partial charge >= 0.3 is 41.6 Å². The Morgan fingerprint density at radius 1 is 0.500 bits per heavy atom. The predicted octanol–water partition coefficient (Wildman–Crippen LogP) is 0.172. The van der Waals surface area contributed by atoms with Crippen LogP contribution in [0, 0.1) is 0 Å². The molecule has 238 valence electrons. The van der Waals surface area contributed by atoms with Crippen molar-refractivity contribution in [2.45, 2.75) is 37.6 Å². The highest BCUT2D eigenvalue weighted by Gasteiger charge is 2.44. The first kappa shape index (κ1) is 36.0. The number of benzene rings is 2. The van der Waals surface area contributed by atoms with Crippen molar-refractivity contribution in [2.75, 3.05) is 13.2 Å². The highest BCUT2D eigenvalue weighted by atomic mass is 32.3. The SMILES string of the molecule is O=S(=O)(O)OC[C@@H](OCc1ccccc1)[C@@H](OS(=O)(=O)O)[C@H](OS(=O)(=O)O)[C@@H](COS(=O)(=O)O)OCc1ccccc1. The molecule has 4 N–H and O–H groups in total. The van der Waals surface area contributed by atoms with Crippen LogP contribution in [0.4, 0.5) is 0 Å². The zero-order valence-electron chi connectivity index (χ0n) is 21.0. The molecule has 0 bridgehead atoms. The summed E-state index contributed by atoms with van der Waals surface area (Å²) >= 11 is 0. The molecule has 0 aliphatic carbocycles. The quantitative estimate of drug-likeness (QED) is 0.144. The third kappa shape index (κ3) is 15.4. The van der Waals surface area contributed by atoms with Crippen LogP contribution in [0.15, 0.2) is 60.7 Å². The molecule has 4 atom stereocenters. The first-order valence-corrected chi connectivity index (χ1v) is 16.6. The Balaban J connectivity index is 2.62. The summed E-state index contributed by atoms with van der Waals surface area (Å²) in [5.41, 5.74) is 0.748. The second-order valence-corrected chi connectivity index (χ2v) is 12.3. The Hall–Kier alpha value is -2.16. The van der Waals surface area contributed by atoms with Crippen molar-refractivity contribution in [1.82, 2.24) is 0 Å². The Morgan fingerprint density at radius 3 is 1.07 bits per heavy atom. The minimum atomic E-state index is -5.62. The lowest BCUT2D eigenvalue weighted by molar-refractivity contribution is -0.140. The maximum Gasteiger partial charge on any atom is 0.397 e. The molecule has 0 amide bonds. The minimum absolute atomic E-state index is 0.374. The molecule has 0 heterocycles. The van der Waals surface area contributed by atoms with Crippen molar-refractivity contribution in [3.05, 3.63) is 71.8 Å². The van der Waals surface area contributed by atoms with Crippen LogP contribution in [0.5, 0.6) is 0 Å². The molecule has 0 radical (unpaired) electrons. The molecule has 0 aliphatic heterocycles. The summed E-state index contributed by atoms with van der Waals surface area (Å²) in [4.78, 5) is 0. The van der Waals surface area contributed by atoms with Crippen LogP contribution in [0.3, 0.4) is 0 Å². The van der Waals surface area contributed by atoms with Crippen molar-refractivity contribution in [2.24, 2.45) is 0 Å². The van der Waals surface area contributed by atoms with E-state index in [0.29, 0.717) is 11.1 Å². The largest absolute Gasteiger partial charge is 0.397 e. The van der Waals surface area contributed by atoms with E-state index >= 15 is 0 Å². The number of hydrogen-bond donors (Lipinski definition) is 4. The van der Waals surface area contributed by atoms with Gasteiger partial charge in [0, 0.05) is 0 Å². The highest BCUT2D eigenvalue weighted by Crippen LogP contribution is 2.24. The summed E-state index contributed by atoms with van der Waals surface area (Å²) in [6, 6.07) is 15.4. The Labute approximate surface area is 241 Å². The Morgan fingerprint density at radius 2 is 0.810 bits per heavy atom. The van der Waals surface area contributed by atoms with Gasteiger partial charge in [-0.05, 0) is 11.1 Å². The zero-order valence-corrected chi connectivity index (χ0v) is 24.3. The third-order valence-corrected chi connectivity index (χ3v) is 6.70. The first-order valence-electron chi connectivity index (χ1n) is 11.2. The summed E-state index contributed by atoms with van der Waals surface area (Å²) in [6.45, 7) is -3.63. The topological polar surface area (TPSA) is 273 Å². The average molecular weight is 683 g/mol. The first-order chi connectivity index (χ1) is 19.3. The lowest BCUT2D eigenvalue weighted by atomic mass is 10.0. The molecule has 42 heavy (non-hydrogen) atoms. The van der Waals surface area contributed by atoms with Gasteiger partial charge in [-0.15, -0.1) is 0 Å². The molecule has 0 spiro atoms. The average Bonchev–Trinajstić information content (AvgIpc) is 2.85. The molecule has 0 saturated heterocycles. The zero-order chi connectivity index (χ0) is 31.6. The van der Waals surface area contributed by atoms with Crippen LogP contribution in [-0.2, 0) is 81.0 Å². The number of ether oxygens (including phenoxy) is 2. The lowest BCUT2D eigenvalue weighted by Crippen LogP contribution is -2.53. The van der Waals surface area contributed by atoms with Gasteiger partial charge in [0.25, 0.3) is 0 Å². The van der Waals surface area contributed by atoms with Gasteiger partial charge in [0.05, 0.1) is 26.4 Å². The molecule has 22 heteroatoms. The van der Waals surface area contributed by atoms with Crippen molar-refractivity contribution in [1.29, 1.82) is 0 Å². The second kappa shape index (κ2) is 15.5. The molecule has 2 rings (SSSR count). The standard InChI is InChI=1S/C20H26O18S4/c21-39(22,23)35-13-17(33-11-15-7-3-1-4-8-15)19(37-41(27,28)29)20(38-42(30,31)32)18(14-36-40(24,25)26)34-12-16-9-5-2-6-10-16/h1-10,17-20H,11-14H2,(H,21,22,23)(H,24,25,26)(H,27,28,29)(H,30,31,32)/t17-,18-,19-,20-/m1/s1. The maximum atomic E-state index is 11.8. The fourth-order valence-electron chi connectivity index (χ4n) is 3.27. The smallest absolute Gasteiger partial charge is 0.368 e. The normalized spacial score (nSPS) is 16.0. The van der Waals surface area contributed by atoms with Gasteiger partial charge in [-0.3, -0.25) is 18.2 Å². The molecule has 0 saturated carbocycles.